The second kappa shape index (κ2) is 5.31. The molecule has 0 aromatic carbocycles. The van der Waals surface area contributed by atoms with Crippen LogP contribution in [-0.4, -0.2) is 30.0 Å². The van der Waals surface area contributed by atoms with Crippen molar-refractivity contribution in [3.8, 4) is 0 Å². The monoisotopic (exact) mass is 202 g/mol. The van der Waals surface area contributed by atoms with Crippen molar-refractivity contribution in [2.45, 2.75) is 12.8 Å². The highest BCUT2D eigenvalue weighted by atomic mass is 19.3. The second-order valence-corrected chi connectivity index (χ2v) is 2.62. The average Bonchev–Trinajstić information content (AvgIpc) is 2.18. The van der Waals surface area contributed by atoms with Crippen molar-refractivity contribution in [1.82, 2.24) is 9.97 Å². The van der Waals surface area contributed by atoms with E-state index in [2.05, 4.69) is 20.6 Å². The van der Waals surface area contributed by atoms with E-state index in [0.717, 1.165) is 0 Å². The van der Waals surface area contributed by atoms with Crippen LogP contribution in [0.2, 0.25) is 0 Å². The lowest BCUT2D eigenvalue weighted by molar-refractivity contribution is 0.142. The van der Waals surface area contributed by atoms with Crippen LogP contribution in [0.15, 0.2) is 12.3 Å². The Morgan fingerprint density at radius 1 is 1.50 bits per heavy atom. The van der Waals surface area contributed by atoms with Crippen molar-refractivity contribution < 1.29 is 8.78 Å². The summed E-state index contributed by atoms with van der Waals surface area (Å²) in [6, 6.07) is 1.63. The van der Waals surface area contributed by atoms with Crippen LogP contribution in [-0.2, 0) is 0 Å². The third-order valence-corrected chi connectivity index (χ3v) is 1.55. The van der Waals surface area contributed by atoms with E-state index >= 15 is 0 Å². The molecule has 2 N–H and O–H groups in total. The summed E-state index contributed by atoms with van der Waals surface area (Å²) < 4.78 is 23.6. The molecule has 0 radical (unpaired) electrons. The summed E-state index contributed by atoms with van der Waals surface area (Å²) in [5.74, 6) is 1.01. The van der Waals surface area contributed by atoms with E-state index in [-0.39, 0.29) is 13.0 Å². The van der Waals surface area contributed by atoms with Crippen molar-refractivity contribution in [1.29, 1.82) is 0 Å². The van der Waals surface area contributed by atoms with Gasteiger partial charge in [0.15, 0.2) is 0 Å². The number of hydrogen-bond donors (Lipinski definition) is 2. The van der Waals surface area contributed by atoms with Crippen LogP contribution in [0.5, 0.6) is 0 Å². The van der Waals surface area contributed by atoms with Crippen molar-refractivity contribution in [3.05, 3.63) is 12.3 Å². The van der Waals surface area contributed by atoms with Gasteiger partial charge in [-0.2, -0.15) is 4.98 Å². The summed E-state index contributed by atoms with van der Waals surface area (Å²) in [7, 11) is 1.69. The number of rotatable bonds is 5. The van der Waals surface area contributed by atoms with Crippen LogP contribution in [0.1, 0.15) is 6.42 Å². The third kappa shape index (κ3) is 3.51. The number of hydrogen-bond acceptors (Lipinski definition) is 4. The van der Waals surface area contributed by atoms with E-state index < -0.39 is 6.43 Å². The number of alkyl halides is 2. The normalized spacial score (nSPS) is 10.3. The SMILES string of the molecule is CNc1nccc(NCCC(F)F)n1. The van der Waals surface area contributed by atoms with Gasteiger partial charge in [0, 0.05) is 26.2 Å². The summed E-state index contributed by atoms with van der Waals surface area (Å²) in [6.45, 7) is 0.206. The van der Waals surface area contributed by atoms with Gasteiger partial charge in [-0.15, -0.1) is 0 Å². The highest BCUT2D eigenvalue weighted by Crippen LogP contribution is 2.06. The Labute approximate surface area is 80.8 Å². The summed E-state index contributed by atoms with van der Waals surface area (Å²) in [6.07, 6.45) is -0.907. The lowest BCUT2D eigenvalue weighted by atomic mass is 10.4. The summed E-state index contributed by atoms with van der Waals surface area (Å²) in [5.41, 5.74) is 0. The van der Waals surface area contributed by atoms with Gasteiger partial charge in [-0.1, -0.05) is 0 Å². The van der Waals surface area contributed by atoms with Crippen LogP contribution in [0.4, 0.5) is 20.5 Å². The first-order valence-electron chi connectivity index (χ1n) is 4.25. The molecule has 0 unspecified atom stereocenters. The molecule has 6 heteroatoms. The zero-order chi connectivity index (χ0) is 10.4. The molecule has 1 aromatic heterocycles. The third-order valence-electron chi connectivity index (χ3n) is 1.55. The van der Waals surface area contributed by atoms with E-state index in [1.54, 1.807) is 19.3 Å². The number of anilines is 2. The van der Waals surface area contributed by atoms with Crippen molar-refractivity contribution >= 4 is 11.8 Å². The molecule has 4 nitrogen and oxygen atoms in total. The maximum absolute atomic E-state index is 11.8. The minimum atomic E-state index is -2.28. The van der Waals surface area contributed by atoms with Gasteiger partial charge in [0.05, 0.1) is 0 Å². The lowest BCUT2D eigenvalue weighted by Crippen LogP contribution is -2.08. The number of nitrogens with zero attached hydrogens (tertiary/aromatic N) is 2. The van der Waals surface area contributed by atoms with Crippen molar-refractivity contribution in [3.63, 3.8) is 0 Å². The smallest absolute Gasteiger partial charge is 0.240 e. The van der Waals surface area contributed by atoms with E-state index in [4.69, 9.17) is 0 Å². The first-order valence-corrected chi connectivity index (χ1v) is 4.25. The Balaban J connectivity index is 2.42. The number of aromatic nitrogens is 2. The molecule has 78 valence electrons. The Morgan fingerprint density at radius 2 is 2.29 bits per heavy atom. The van der Waals surface area contributed by atoms with Gasteiger partial charge >= 0.3 is 0 Å². The summed E-state index contributed by atoms with van der Waals surface area (Å²) in [5, 5.41) is 5.54. The summed E-state index contributed by atoms with van der Waals surface area (Å²) in [4.78, 5) is 7.90. The fourth-order valence-corrected chi connectivity index (χ4v) is 0.887. The molecule has 0 atom stereocenters. The average molecular weight is 202 g/mol. The quantitative estimate of drug-likeness (QED) is 0.761. The number of halogens is 2. The van der Waals surface area contributed by atoms with Crippen LogP contribution < -0.4 is 10.6 Å². The van der Waals surface area contributed by atoms with Crippen LogP contribution in [0.25, 0.3) is 0 Å². The minimum absolute atomic E-state index is 0.182. The van der Waals surface area contributed by atoms with E-state index in [1.807, 2.05) is 0 Å². The molecule has 14 heavy (non-hydrogen) atoms. The fourth-order valence-electron chi connectivity index (χ4n) is 0.887. The Bertz CT molecular complexity index is 280. The Kier molecular flexibility index (Phi) is 4.03. The zero-order valence-corrected chi connectivity index (χ0v) is 7.80. The first kappa shape index (κ1) is 10.6. The highest BCUT2D eigenvalue weighted by molar-refractivity contribution is 5.38. The molecule has 0 spiro atoms. The Morgan fingerprint density at radius 3 is 2.93 bits per heavy atom. The molecule has 0 fully saturated rings. The second-order valence-electron chi connectivity index (χ2n) is 2.62. The standard InChI is InChI=1S/C8H12F2N4/c1-11-8-13-5-3-7(14-8)12-4-2-6(9)10/h3,5-6H,2,4H2,1H3,(H2,11,12,13,14). The number of nitrogens with one attached hydrogen (secondary N) is 2. The van der Waals surface area contributed by atoms with E-state index in [9.17, 15) is 8.78 Å². The summed E-state index contributed by atoms with van der Waals surface area (Å²) >= 11 is 0. The van der Waals surface area contributed by atoms with Crippen LogP contribution in [0, 0.1) is 0 Å². The zero-order valence-electron chi connectivity index (χ0n) is 7.80. The van der Waals surface area contributed by atoms with Crippen LogP contribution >= 0.6 is 0 Å². The molecule has 0 saturated carbocycles. The highest BCUT2D eigenvalue weighted by Gasteiger charge is 2.02. The molecule has 0 aliphatic rings. The molecule has 0 bridgehead atoms. The molecule has 0 saturated heterocycles. The van der Waals surface area contributed by atoms with Gasteiger partial charge in [-0.25, -0.2) is 13.8 Å². The lowest BCUT2D eigenvalue weighted by Gasteiger charge is -2.05. The largest absolute Gasteiger partial charge is 0.370 e. The molecule has 0 aliphatic heterocycles. The first-order chi connectivity index (χ1) is 6.72. The fraction of sp³-hybridized carbons (Fsp3) is 0.500. The maximum atomic E-state index is 11.8. The molecule has 1 aromatic rings. The minimum Gasteiger partial charge on any atom is -0.370 e. The maximum Gasteiger partial charge on any atom is 0.240 e. The van der Waals surface area contributed by atoms with Gasteiger partial charge in [-0.05, 0) is 6.07 Å². The molecule has 0 aliphatic carbocycles. The predicted molar refractivity (Wildman–Crippen MR) is 50.7 cm³/mol. The molecule has 0 amide bonds. The van der Waals surface area contributed by atoms with E-state index in [1.165, 1.54) is 0 Å². The Hall–Kier alpha value is -1.46. The van der Waals surface area contributed by atoms with Gasteiger partial charge in [0.25, 0.3) is 0 Å². The molecular weight excluding hydrogens is 190 g/mol. The molecular formula is C8H12F2N4. The molecule has 1 heterocycles. The topological polar surface area (TPSA) is 49.8 Å². The van der Waals surface area contributed by atoms with Gasteiger partial charge in [0.2, 0.25) is 12.4 Å². The predicted octanol–water partition coefficient (Wildman–Crippen LogP) is 1.59. The molecule has 1 rings (SSSR count). The van der Waals surface area contributed by atoms with Gasteiger partial charge < -0.3 is 10.6 Å². The van der Waals surface area contributed by atoms with Crippen molar-refractivity contribution in [2.24, 2.45) is 0 Å². The van der Waals surface area contributed by atoms with Crippen molar-refractivity contribution in [2.75, 3.05) is 24.2 Å². The van der Waals surface area contributed by atoms with Gasteiger partial charge in [-0.3, -0.25) is 0 Å². The van der Waals surface area contributed by atoms with Crippen LogP contribution in [0.3, 0.4) is 0 Å². The van der Waals surface area contributed by atoms with Gasteiger partial charge in [0.1, 0.15) is 5.82 Å². The van der Waals surface area contributed by atoms with E-state index in [0.29, 0.717) is 11.8 Å².